The molecule has 4 nitrogen and oxygen atoms in total. The maximum Gasteiger partial charge on any atom is 0.226 e. The average Bonchev–Trinajstić information content (AvgIpc) is 2.94. The van der Waals surface area contributed by atoms with Crippen molar-refractivity contribution in [2.75, 3.05) is 26.2 Å². The number of amides is 1. The van der Waals surface area contributed by atoms with Crippen LogP contribution in [-0.2, 0) is 9.53 Å². The van der Waals surface area contributed by atoms with Gasteiger partial charge < -0.3 is 15.4 Å². The highest BCUT2D eigenvalue weighted by Gasteiger charge is 2.67. The van der Waals surface area contributed by atoms with Crippen LogP contribution in [-0.4, -0.2) is 43.2 Å². The molecule has 1 heterocycles. The van der Waals surface area contributed by atoms with Gasteiger partial charge in [0.2, 0.25) is 5.91 Å². The molecule has 4 rings (SSSR count). The van der Waals surface area contributed by atoms with Crippen LogP contribution in [0.1, 0.15) is 38.5 Å². The molecule has 0 aromatic heterocycles. The van der Waals surface area contributed by atoms with Gasteiger partial charge in [-0.15, -0.1) is 0 Å². The first-order chi connectivity index (χ1) is 10.3. The van der Waals surface area contributed by atoms with E-state index in [-0.39, 0.29) is 0 Å². The summed E-state index contributed by atoms with van der Waals surface area (Å²) < 4.78 is 5.83. The molecule has 118 valence electrons. The fraction of sp³-hybridized carbons (Fsp3) is 0.941. The highest BCUT2D eigenvalue weighted by atomic mass is 16.5. The van der Waals surface area contributed by atoms with E-state index in [0.29, 0.717) is 24.5 Å². The van der Waals surface area contributed by atoms with E-state index in [4.69, 9.17) is 10.5 Å². The van der Waals surface area contributed by atoms with Crippen molar-refractivity contribution < 1.29 is 9.53 Å². The van der Waals surface area contributed by atoms with Crippen LogP contribution < -0.4 is 5.73 Å². The van der Waals surface area contributed by atoms with Gasteiger partial charge in [-0.3, -0.25) is 4.79 Å². The molecule has 4 heteroatoms. The van der Waals surface area contributed by atoms with Crippen LogP contribution in [0.25, 0.3) is 0 Å². The molecule has 0 spiro atoms. The highest BCUT2D eigenvalue weighted by Crippen LogP contribution is 2.69. The van der Waals surface area contributed by atoms with Gasteiger partial charge in [0, 0.05) is 25.6 Å². The summed E-state index contributed by atoms with van der Waals surface area (Å²) in [6, 6.07) is 0. The lowest BCUT2D eigenvalue weighted by molar-refractivity contribution is -0.136. The second-order valence-corrected chi connectivity index (χ2v) is 7.55. The Balaban J connectivity index is 1.25. The van der Waals surface area contributed by atoms with Gasteiger partial charge in [-0.2, -0.15) is 0 Å². The molecule has 4 aliphatic rings. The number of carbonyl (C=O) groups excluding carboxylic acids is 1. The summed E-state index contributed by atoms with van der Waals surface area (Å²) >= 11 is 0. The lowest BCUT2D eigenvalue weighted by Crippen LogP contribution is -2.42. The zero-order valence-electron chi connectivity index (χ0n) is 12.9. The molecule has 3 saturated carbocycles. The first-order valence-corrected chi connectivity index (χ1v) is 8.90. The number of piperidine rings is 1. The minimum Gasteiger partial charge on any atom is -0.378 e. The number of nitrogens with two attached hydrogens (primary N) is 1. The summed E-state index contributed by atoms with van der Waals surface area (Å²) in [5, 5.41) is 0. The number of hydrogen-bond donors (Lipinski definition) is 1. The summed E-state index contributed by atoms with van der Waals surface area (Å²) in [6.07, 6.45) is 7.51. The van der Waals surface area contributed by atoms with E-state index < -0.39 is 0 Å². The number of ether oxygens (including phenoxy) is 1. The Bertz CT molecular complexity index is 390. The minimum atomic E-state index is 0.343. The maximum atomic E-state index is 12.7. The molecule has 2 bridgehead atoms. The first kappa shape index (κ1) is 14.0. The molecule has 4 fully saturated rings. The van der Waals surface area contributed by atoms with Crippen molar-refractivity contribution in [3.63, 3.8) is 0 Å². The van der Waals surface area contributed by atoms with Crippen molar-refractivity contribution in [1.82, 2.24) is 4.90 Å². The molecule has 1 amide bonds. The van der Waals surface area contributed by atoms with Crippen molar-refractivity contribution in [3.05, 3.63) is 0 Å². The van der Waals surface area contributed by atoms with E-state index in [2.05, 4.69) is 4.90 Å². The lowest BCUT2D eigenvalue weighted by atomic mass is 10.0. The van der Waals surface area contributed by atoms with Gasteiger partial charge in [0.1, 0.15) is 0 Å². The third-order valence-corrected chi connectivity index (χ3v) is 6.48. The second-order valence-electron chi connectivity index (χ2n) is 7.55. The van der Waals surface area contributed by atoms with E-state index in [1.807, 2.05) is 0 Å². The summed E-state index contributed by atoms with van der Waals surface area (Å²) in [5.41, 5.74) is 5.49. The number of carbonyl (C=O) groups is 1. The van der Waals surface area contributed by atoms with Crippen LogP contribution in [0, 0.1) is 29.6 Å². The zero-order valence-corrected chi connectivity index (χ0v) is 12.9. The quantitative estimate of drug-likeness (QED) is 0.784. The molecule has 4 atom stereocenters. The Morgan fingerprint density at radius 1 is 1.10 bits per heavy atom. The SMILES string of the molecule is NCCCOC1CCN(C(=O)C2C3C4CCC(C4)C23)CC1. The van der Waals surface area contributed by atoms with Gasteiger partial charge in [-0.05, 0) is 68.7 Å². The summed E-state index contributed by atoms with van der Waals surface area (Å²) in [7, 11) is 0. The Kier molecular flexibility index (Phi) is 3.70. The first-order valence-electron chi connectivity index (χ1n) is 8.90. The Morgan fingerprint density at radius 2 is 1.76 bits per heavy atom. The van der Waals surface area contributed by atoms with Gasteiger partial charge >= 0.3 is 0 Å². The molecule has 0 aromatic carbocycles. The summed E-state index contributed by atoms with van der Waals surface area (Å²) in [6.45, 7) is 3.27. The van der Waals surface area contributed by atoms with Gasteiger partial charge in [0.25, 0.3) is 0 Å². The van der Waals surface area contributed by atoms with E-state index in [1.165, 1.54) is 19.3 Å². The van der Waals surface area contributed by atoms with Gasteiger partial charge in [0.05, 0.1) is 6.10 Å². The van der Waals surface area contributed by atoms with E-state index in [9.17, 15) is 4.79 Å². The number of fused-ring (bicyclic) bond motifs is 5. The van der Waals surface area contributed by atoms with Gasteiger partial charge in [-0.1, -0.05) is 0 Å². The topological polar surface area (TPSA) is 55.6 Å². The summed E-state index contributed by atoms with van der Waals surface area (Å²) in [5.74, 6) is 4.22. The van der Waals surface area contributed by atoms with Crippen molar-refractivity contribution in [2.24, 2.45) is 35.3 Å². The minimum absolute atomic E-state index is 0.343. The number of likely N-dealkylation sites (tertiary alicyclic amines) is 1. The maximum absolute atomic E-state index is 12.7. The summed E-state index contributed by atoms with van der Waals surface area (Å²) in [4.78, 5) is 14.9. The Hall–Kier alpha value is -0.610. The van der Waals surface area contributed by atoms with Gasteiger partial charge in [-0.25, -0.2) is 0 Å². The molecule has 21 heavy (non-hydrogen) atoms. The van der Waals surface area contributed by atoms with Crippen molar-refractivity contribution >= 4 is 5.91 Å². The molecule has 1 aliphatic heterocycles. The van der Waals surface area contributed by atoms with Crippen LogP contribution in [0.5, 0.6) is 0 Å². The van der Waals surface area contributed by atoms with E-state index in [1.54, 1.807) is 0 Å². The second kappa shape index (κ2) is 5.54. The van der Waals surface area contributed by atoms with Gasteiger partial charge in [0.15, 0.2) is 0 Å². The molecular formula is C17H28N2O2. The third-order valence-electron chi connectivity index (χ3n) is 6.48. The fourth-order valence-electron chi connectivity index (χ4n) is 5.44. The molecule has 4 unspecified atom stereocenters. The van der Waals surface area contributed by atoms with E-state index in [0.717, 1.165) is 62.6 Å². The van der Waals surface area contributed by atoms with Crippen molar-refractivity contribution in [2.45, 2.75) is 44.6 Å². The normalized spacial score (nSPS) is 41.4. The number of rotatable bonds is 5. The van der Waals surface area contributed by atoms with Crippen LogP contribution in [0.3, 0.4) is 0 Å². The van der Waals surface area contributed by atoms with Crippen LogP contribution in [0.15, 0.2) is 0 Å². The fourth-order valence-corrected chi connectivity index (χ4v) is 5.44. The Labute approximate surface area is 127 Å². The zero-order chi connectivity index (χ0) is 14.4. The smallest absolute Gasteiger partial charge is 0.226 e. The third kappa shape index (κ3) is 2.40. The predicted molar refractivity (Wildman–Crippen MR) is 80.5 cm³/mol. The number of nitrogens with zero attached hydrogens (tertiary/aromatic N) is 1. The molecule has 3 aliphatic carbocycles. The lowest BCUT2D eigenvalue weighted by Gasteiger charge is -2.32. The monoisotopic (exact) mass is 292 g/mol. The standard InChI is InChI=1S/C17H28N2O2/c18-6-1-9-21-13-4-7-19(8-5-13)17(20)16-14-11-2-3-12(10-11)15(14)16/h11-16H,1-10,18H2. The molecule has 0 radical (unpaired) electrons. The largest absolute Gasteiger partial charge is 0.378 e. The van der Waals surface area contributed by atoms with E-state index >= 15 is 0 Å². The van der Waals surface area contributed by atoms with Crippen molar-refractivity contribution in [1.29, 1.82) is 0 Å². The highest BCUT2D eigenvalue weighted by molar-refractivity contribution is 5.83. The molecular weight excluding hydrogens is 264 g/mol. The average molecular weight is 292 g/mol. The Morgan fingerprint density at radius 3 is 2.38 bits per heavy atom. The molecule has 1 saturated heterocycles. The van der Waals surface area contributed by atoms with Crippen molar-refractivity contribution in [3.8, 4) is 0 Å². The van der Waals surface area contributed by atoms with Crippen LogP contribution in [0.2, 0.25) is 0 Å². The molecule has 0 aromatic rings. The predicted octanol–water partition coefficient (Wildman–Crippen LogP) is 1.63. The number of hydrogen-bond acceptors (Lipinski definition) is 3. The molecule has 2 N–H and O–H groups in total. The van der Waals surface area contributed by atoms with Crippen LogP contribution >= 0.6 is 0 Å². The van der Waals surface area contributed by atoms with Crippen LogP contribution in [0.4, 0.5) is 0 Å².